The van der Waals surface area contributed by atoms with Gasteiger partial charge in [-0.1, -0.05) is 12.1 Å². The SMILES string of the molecule is Cc1nc(Oc2c(C)cc(C3CC3)cc2C)c2cc[nH]c2n1. The summed E-state index contributed by atoms with van der Waals surface area (Å²) in [6, 6.07) is 6.46. The summed E-state index contributed by atoms with van der Waals surface area (Å²) < 4.78 is 6.18. The Kier molecular flexibility index (Phi) is 2.93. The van der Waals surface area contributed by atoms with Crippen molar-refractivity contribution in [1.82, 2.24) is 15.0 Å². The number of aromatic amines is 1. The predicted octanol–water partition coefficient (Wildman–Crippen LogP) is 4.55. The third-order valence-corrected chi connectivity index (χ3v) is 4.22. The Bertz CT molecular complexity index is 839. The highest BCUT2D eigenvalue weighted by Crippen LogP contribution is 2.43. The summed E-state index contributed by atoms with van der Waals surface area (Å²) in [5.74, 6) is 2.98. The van der Waals surface area contributed by atoms with Gasteiger partial charge in [0.05, 0.1) is 5.39 Å². The van der Waals surface area contributed by atoms with Crippen molar-refractivity contribution >= 4 is 11.0 Å². The fraction of sp³-hybridized carbons (Fsp3) is 0.333. The van der Waals surface area contributed by atoms with Gasteiger partial charge in [-0.05, 0) is 62.3 Å². The molecule has 2 aromatic heterocycles. The van der Waals surface area contributed by atoms with Crippen LogP contribution in [0.5, 0.6) is 11.6 Å². The number of hydrogen-bond acceptors (Lipinski definition) is 3. The van der Waals surface area contributed by atoms with Crippen LogP contribution >= 0.6 is 0 Å². The molecule has 0 spiro atoms. The molecule has 1 saturated carbocycles. The van der Waals surface area contributed by atoms with E-state index in [1.54, 1.807) is 0 Å². The number of ether oxygens (including phenoxy) is 1. The molecule has 4 rings (SSSR count). The molecular formula is C18H19N3O. The molecule has 1 N–H and O–H groups in total. The zero-order chi connectivity index (χ0) is 15.3. The monoisotopic (exact) mass is 293 g/mol. The van der Waals surface area contributed by atoms with Crippen LogP contribution in [0.15, 0.2) is 24.4 Å². The van der Waals surface area contributed by atoms with Crippen LogP contribution in [0.2, 0.25) is 0 Å². The second-order valence-electron chi connectivity index (χ2n) is 6.18. The average Bonchev–Trinajstić information content (AvgIpc) is 3.21. The number of H-pyrrole nitrogens is 1. The topological polar surface area (TPSA) is 50.8 Å². The number of nitrogens with zero attached hydrogens (tertiary/aromatic N) is 2. The van der Waals surface area contributed by atoms with Crippen LogP contribution in [0.3, 0.4) is 0 Å². The molecule has 0 bridgehead atoms. The normalized spacial score (nSPS) is 14.5. The van der Waals surface area contributed by atoms with Crippen LogP contribution in [0.1, 0.15) is 41.3 Å². The molecular weight excluding hydrogens is 274 g/mol. The van der Waals surface area contributed by atoms with E-state index in [4.69, 9.17) is 4.74 Å². The highest BCUT2D eigenvalue weighted by molar-refractivity contribution is 5.81. The van der Waals surface area contributed by atoms with Crippen LogP contribution in [-0.2, 0) is 0 Å². The van der Waals surface area contributed by atoms with Crippen LogP contribution in [0, 0.1) is 20.8 Å². The third-order valence-electron chi connectivity index (χ3n) is 4.22. The Labute approximate surface area is 129 Å². The van der Waals surface area contributed by atoms with Crippen LogP contribution in [-0.4, -0.2) is 15.0 Å². The van der Waals surface area contributed by atoms with Gasteiger partial charge in [-0.15, -0.1) is 0 Å². The summed E-state index contributed by atoms with van der Waals surface area (Å²) in [5, 5.41) is 0.913. The molecule has 22 heavy (non-hydrogen) atoms. The first-order valence-electron chi connectivity index (χ1n) is 7.72. The molecule has 1 fully saturated rings. The van der Waals surface area contributed by atoms with Gasteiger partial charge in [0.15, 0.2) is 0 Å². The van der Waals surface area contributed by atoms with Gasteiger partial charge >= 0.3 is 0 Å². The van der Waals surface area contributed by atoms with Crippen LogP contribution in [0.4, 0.5) is 0 Å². The summed E-state index contributed by atoms with van der Waals surface area (Å²) in [6.45, 7) is 6.09. The fourth-order valence-corrected chi connectivity index (χ4v) is 2.99. The molecule has 4 nitrogen and oxygen atoms in total. The summed E-state index contributed by atoms with van der Waals surface area (Å²) in [6.07, 6.45) is 4.49. The largest absolute Gasteiger partial charge is 0.438 e. The smallest absolute Gasteiger partial charge is 0.232 e. The van der Waals surface area contributed by atoms with E-state index < -0.39 is 0 Å². The minimum atomic E-state index is 0.620. The van der Waals surface area contributed by atoms with E-state index in [-0.39, 0.29) is 0 Å². The Morgan fingerprint density at radius 2 is 1.82 bits per heavy atom. The van der Waals surface area contributed by atoms with Gasteiger partial charge in [0.1, 0.15) is 17.2 Å². The van der Waals surface area contributed by atoms with Crippen molar-refractivity contribution in [2.75, 3.05) is 0 Å². The molecule has 1 aliphatic carbocycles. The van der Waals surface area contributed by atoms with E-state index in [1.165, 1.54) is 29.5 Å². The predicted molar refractivity (Wildman–Crippen MR) is 86.6 cm³/mol. The first kappa shape index (κ1) is 13.3. The van der Waals surface area contributed by atoms with E-state index >= 15 is 0 Å². The zero-order valence-electron chi connectivity index (χ0n) is 13.1. The Balaban J connectivity index is 1.77. The van der Waals surface area contributed by atoms with Crippen molar-refractivity contribution in [3.05, 3.63) is 46.9 Å². The van der Waals surface area contributed by atoms with Crippen molar-refractivity contribution in [2.24, 2.45) is 0 Å². The number of nitrogens with one attached hydrogen (secondary N) is 1. The standard InChI is InChI=1S/C18H19N3O/c1-10-8-14(13-4-5-13)9-11(2)16(10)22-18-15-6-7-19-17(15)20-12(3)21-18/h6-9,13H,4-5H2,1-3H3,(H,19,20,21). The van der Waals surface area contributed by atoms with Gasteiger partial charge in [0.25, 0.3) is 0 Å². The number of fused-ring (bicyclic) bond motifs is 1. The minimum Gasteiger partial charge on any atom is -0.438 e. The molecule has 0 aliphatic heterocycles. The van der Waals surface area contributed by atoms with Crippen molar-refractivity contribution in [3.63, 3.8) is 0 Å². The first-order valence-corrected chi connectivity index (χ1v) is 7.72. The molecule has 0 amide bonds. The number of rotatable bonds is 3. The van der Waals surface area contributed by atoms with Crippen molar-refractivity contribution in [2.45, 2.75) is 39.5 Å². The molecule has 4 heteroatoms. The molecule has 0 atom stereocenters. The second kappa shape index (κ2) is 4.83. The van der Waals surface area contributed by atoms with Crippen molar-refractivity contribution in [3.8, 4) is 11.6 Å². The molecule has 1 aliphatic rings. The van der Waals surface area contributed by atoms with Crippen molar-refractivity contribution in [1.29, 1.82) is 0 Å². The molecule has 0 saturated heterocycles. The lowest BCUT2D eigenvalue weighted by Crippen LogP contribution is -1.98. The molecule has 0 radical (unpaired) electrons. The van der Waals surface area contributed by atoms with E-state index in [1.807, 2.05) is 19.2 Å². The van der Waals surface area contributed by atoms with Crippen LogP contribution < -0.4 is 4.74 Å². The van der Waals surface area contributed by atoms with Gasteiger partial charge in [0.2, 0.25) is 5.88 Å². The molecule has 0 unspecified atom stereocenters. The van der Waals surface area contributed by atoms with Gasteiger partial charge < -0.3 is 9.72 Å². The molecule has 1 aromatic carbocycles. The fourth-order valence-electron chi connectivity index (χ4n) is 2.99. The maximum absolute atomic E-state index is 6.18. The van der Waals surface area contributed by atoms with Crippen molar-refractivity contribution < 1.29 is 4.74 Å². The lowest BCUT2D eigenvalue weighted by Gasteiger charge is -2.14. The third kappa shape index (κ3) is 2.25. The summed E-state index contributed by atoms with van der Waals surface area (Å²) in [7, 11) is 0. The van der Waals surface area contributed by atoms with Gasteiger partial charge in [-0.3, -0.25) is 0 Å². The molecule has 2 heterocycles. The molecule has 112 valence electrons. The second-order valence-corrected chi connectivity index (χ2v) is 6.18. The lowest BCUT2D eigenvalue weighted by molar-refractivity contribution is 0.459. The highest BCUT2D eigenvalue weighted by atomic mass is 16.5. The van der Waals surface area contributed by atoms with Gasteiger partial charge in [0, 0.05) is 6.20 Å². The Hall–Kier alpha value is -2.36. The Morgan fingerprint density at radius 1 is 1.09 bits per heavy atom. The number of hydrogen-bond donors (Lipinski definition) is 1. The van der Waals surface area contributed by atoms with Gasteiger partial charge in [-0.25, -0.2) is 4.98 Å². The maximum Gasteiger partial charge on any atom is 0.232 e. The van der Waals surface area contributed by atoms with E-state index in [2.05, 4.69) is 40.9 Å². The zero-order valence-corrected chi connectivity index (χ0v) is 13.1. The summed E-state index contributed by atoms with van der Waals surface area (Å²) >= 11 is 0. The minimum absolute atomic E-state index is 0.620. The lowest BCUT2D eigenvalue weighted by atomic mass is 10.0. The van der Waals surface area contributed by atoms with E-state index in [9.17, 15) is 0 Å². The average molecular weight is 293 g/mol. The van der Waals surface area contributed by atoms with E-state index in [0.29, 0.717) is 11.7 Å². The first-order chi connectivity index (χ1) is 10.6. The number of aryl methyl sites for hydroxylation is 3. The Morgan fingerprint density at radius 3 is 2.50 bits per heavy atom. The number of benzene rings is 1. The van der Waals surface area contributed by atoms with Gasteiger partial charge in [-0.2, -0.15) is 4.98 Å². The maximum atomic E-state index is 6.18. The number of aromatic nitrogens is 3. The summed E-state index contributed by atoms with van der Waals surface area (Å²) in [4.78, 5) is 12.0. The van der Waals surface area contributed by atoms with E-state index in [0.717, 1.165) is 22.7 Å². The summed E-state index contributed by atoms with van der Waals surface area (Å²) in [5.41, 5.74) is 4.59. The quantitative estimate of drug-likeness (QED) is 0.770. The molecule has 3 aromatic rings. The highest BCUT2D eigenvalue weighted by Gasteiger charge is 2.25. The van der Waals surface area contributed by atoms with Crippen LogP contribution in [0.25, 0.3) is 11.0 Å².